The molecular formula is C16H20BrNO5. The molecule has 2 aliphatic carbocycles. The van der Waals surface area contributed by atoms with Crippen molar-refractivity contribution in [1.29, 1.82) is 0 Å². The number of halogens is 1. The van der Waals surface area contributed by atoms with E-state index >= 15 is 0 Å². The minimum atomic E-state index is -1.04. The largest absolute Gasteiger partial charge is 0.475 e. The summed E-state index contributed by atoms with van der Waals surface area (Å²) >= 11 is 3.31. The second kappa shape index (κ2) is 8.29. The highest BCUT2D eigenvalue weighted by atomic mass is 79.9. The van der Waals surface area contributed by atoms with Gasteiger partial charge in [-0.2, -0.15) is 0 Å². The lowest BCUT2D eigenvalue weighted by atomic mass is 9.85. The monoisotopic (exact) mass is 385 g/mol. The fraction of sp³-hybridized carbons (Fsp3) is 0.562. The Kier molecular flexibility index (Phi) is 6.38. The van der Waals surface area contributed by atoms with Crippen molar-refractivity contribution in [1.82, 2.24) is 0 Å². The van der Waals surface area contributed by atoms with Crippen LogP contribution in [0.2, 0.25) is 0 Å². The van der Waals surface area contributed by atoms with Gasteiger partial charge in [-0.1, -0.05) is 28.1 Å². The van der Waals surface area contributed by atoms with Crippen LogP contribution >= 0.6 is 15.9 Å². The summed E-state index contributed by atoms with van der Waals surface area (Å²) in [4.78, 5) is 23.1. The summed E-state index contributed by atoms with van der Waals surface area (Å²) < 4.78 is 10.5. The van der Waals surface area contributed by atoms with Crippen LogP contribution in [-0.4, -0.2) is 35.5 Å². The van der Waals surface area contributed by atoms with Crippen molar-refractivity contribution >= 4 is 21.9 Å². The number of allylic oxidation sites excluding steroid dienone is 3. The molecule has 0 heterocycles. The molecule has 0 aromatic carbocycles. The Morgan fingerprint density at radius 3 is 2.96 bits per heavy atom. The van der Waals surface area contributed by atoms with Gasteiger partial charge in [0.2, 0.25) is 0 Å². The molecule has 126 valence electrons. The standard InChI is InChI=1S/C16H20BrNO5/c1-22-16(19)14(7-4-10-17)23-13-9-8-11-5-2-3-6-12(11)15(13)18(20)21/h6,8-9,14-15H,2-5,7,10H2,1H3. The topological polar surface area (TPSA) is 78.7 Å². The van der Waals surface area contributed by atoms with Crippen LogP contribution in [0.15, 0.2) is 35.1 Å². The first-order valence-corrected chi connectivity index (χ1v) is 8.75. The molecule has 0 N–H and O–H groups in total. The molecule has 6 nitrogen and oxygen atoms in total. The Hall–Kier alpha value is -1.63. The summed E-state index contributed by atoms with van der Waals surface area (Å²) in [6.45, 7) is 0. The van der Waals surface area contributed by atoms with Crippen LogP contribution in [0.25, 0.3) is 0 Å². The van der Waals surface area contributed by atoms with Crippen molar-refractivity contribution in [2.45, 2.75) is 44.2 Å². The molecular weight excluding hydrogens is 366 g/mol. The maximum atomic E-state index is 11.9. The van der Waals surface area contributed by atoms with E-state index in [1.54, 1.807) is 6.08 Å². The fourth-order valence-corrected chi connectivity index (χ4v) is 3.15. The molecule has 0 saturated carbocycles. The van der Waals surface area contributed by atoms with Gasteiger partial charge in [0.05, 0.1) is 7.11 Å². The number of nitrogens with zero attached hydrogens (tertiary/aromatic N) is 1. The van der Waals surface area contributed by atoms with E-state index in [1.165, 1.54) is 7.11 Å². The molecule has 0 saturated heterocycles. The molecule has 0 aliphatic heterocycles. The summed E-state index contributed by atoms with van der Waals surface area (Å²) in [7, 11) is 1.29. The smallest absolute Gasteiger partial charge is 0.347 e. The third-order valence-corrected chi connectivity index (χ3v) is 4.51. The highest BCUT2D eigenvalue weighted by Gasteiger charge is 2.38. The Balaban J connectivity index is 2.24. The van der Waals surface area contributed by atoms with Crippen LogP contribution in [0.5, 0.6) is 0 Å². The van der Waals surface area contributed by atoms with Gasteiger partial charge in [-0.25, -0.2) is 4.79 Å². The summed E-state index contributed by atoms with van der Waals surface area (Å²) in [5.41, 5.74) is 1.68. The minimum Gasteiger partial charge on any atom is -0.475 e. The predicted molar refractivity (Wildman–Crippen MR) is 88.8 cm³/mol. The molecule has 0 spiro atoms. The number of hydrogen-bond acceptors (Lipinski definition) is 5. The van der Waals surface area contributed by atoms with E-state index < -0.39 is 18.1 Å². The molecule has 0 radical (unpaired) electrons. The number of rotatable bonds is 7. The van der Waals surface area contributed by atoms with Gasteiger partial charge in [0, 0.05) is 15.8 Å². The summed E-state index contributed by atoms with van der Waals surface area (Å²) in [5.74, 6) is -0.307. The Labute approximate surface area is 143 Å². The van der Waals surface area contributed by atoms with Gasteiger partial charge in [-0.3, -0.25) is 10.1 Å². The zero-order valence-corrected chi connectivity index (χ0v) is 14.6. The van der Waals surface area contributed by atoms with Crippen molar-refractivity contribution in [3.63, 3.8) is 0 Å². The molecule has 0 aromatic heterocycles. The fourth-order valence-electron chi connectivity index (χ4n) is 2.82. The number of alkyl halides is 1. The Morgan fingerprint density at radius 1 is 1.52 bits per heavy atom. The summed E-state index contributed by atoms with van der Waals surface area (Å²) in [5, 5.41) is 12.3. The van der Waals surface area contributed by atoms with E-state index in [2.05, 4.69) is 15.9 Å². The number of carbonyl (C=O) groups is 1. The number of hydrogen-bond donors (Lipinski definition) is 0. The second-order valence-corrected chi connectivity index (χ2v) is 6.25. The highest BCUT2D eigenvalue weighted by molar-refractivity contribution is 9.09. The maximum absolute atomic E-state index is 11.9. The molecule has 0 fully saturated rings. The first-order valence-electron chi connectivity index (χ1n) is 7.63. The number of carbonyl (C=O) groups excluding carboxylic acids is 1. The molecule has 23 heavy (non-hydrogen) atoms. The van der Waals surface area contributed by atoms with E-state index in [1.807, 2.05) is 12.2 Å². The quantitative estimate of drug-likeness (QED) is 0.290. The van der Waals surface area contributed by atoms with Crippen LogP contribution in [0, 0.1) is 10.1 Å². The van der Waals surface area contributed by atoms with Crippen molar-refractivity contribution < 1.29 is 19.2 Å². The van der Waals surface area contributed by atoms with Crippen molar-refractivity contribution in [2.24, 2.45) is 0 Å². The van der Waals surface area contributed by atoms with E-state index in [0.29, 0.717) is 18.4 Å². The molecule has 0 amide bonds. The van der Waals surface area contributed by atoms with E-state index in [-0.39, 0.29) is 10.7 Å². The summed E-state index contributed by atoms with van der Waals surface area (Å²) in [6.07, 6.45) is 8.37. The van der Waals surface area contributed by atoms with E-state index in [9.17, 15) is 14.9 Å². The van der Waals surface area contributed by atoms with Crippen LogP contribution in [0.3, 0.4) is 0 Å². The number of nitro groups is 1. The van der Waals surface area contributed by atoms with E-state index in [4.69, 9.17) is 9.47 Å². The zero-order chi connectivity index (χ0) is 16.8. The first-order chi connectivity index (χ1) is 11.1. The molecule has 2 aliphatic rings. The highest BCUT2D eigenvalue weighted by Crippen LogP contribution is 2.35. The molecule has 2 atom stereocenters. The van der Waals surface area contributed by atoms with Crippen LogP contribution < -0.4 is 0 Å². The van der Waals surface area contributed by atoms with Crippen molar-refractivity contribution in [2.75, 3.05) is 12.4 Å². The SMILES string of the molecule is COC(=O)C(CCCBr)OC1=CC=C2CCCC=C2C1[N+](=O)[O-]. The second-order valence-electron chi connectivity index (χ2n) is 5.46. The van der Waals surface area contributed by atoms with Crippen LogP contribution in [0.1, 0.15) is 32.1 Å². The molecule has 0 bridgehead atoms. The Bertz CT molecular complexity index is 567. The minimum absolute atomic E-state index is 0.205. The third kappa shape index (κ3) is 4.22. The average Bonchev–Trinajstić information content (AvgIpc) is 2.57. The zero-order valence-electron chi connectivity index (χ0n) is 13.0. The Morgan fingerprint density at radius 2 is 2.30 bits per heavy atom. The number of methoxy groups -OCH3 is 1. The number of fused-ring (bicyclic) bond motifs is 1. The molecule has 2 rings (SSSR count). The van der Waals surface area contributed by atoms with E-state index in [0.717, 1.165) is 30.2 Å². The van der Waals surface area contributed by atoms with Gasteiger partial charge < -0.3 is 9.47 Å². The van der Waals surface area contributed by atoms with Gasteiger partial charge in [0.25, 0.3) is 6.04 Å². The van der Waals surface area contributed by atoms with Gasteiger partial charge >= 0.3 is 5.97 Å². The normalized spacial score (nSPS) is 21.3. The number of ether oxygens (including phenoxy) is 2. The molecule has 2 unspecified atom stereocenters. The lowest BCUT2D eigenvalue weighted by molar-refractivity contribution is -0.506. The number of esters is 1. The molecule has 0 aromatic rings. The van der Waals surface area contributed by atoms with Gasteiger partial charge in [0.15, 0.2) is 11.9 Å². The predicted octanol–water partition coefficient (Wildman–Crippen LogP) is 3.30. The van der Waals surface area contributed by atoms with Crippen LogP contribution in [0.4, 0.5) is 0 Å². The van der Waals surface area contributed by atoms with Crippen LogP contribution in [-0.2, 0) is 14.3 Å². The van der Waals surface area contributed by atoms with Crippen molar-refractivity contribution in [3.8, 4) is 0 Å². The van der Waals surface area contributed by atoms with Gasteiger partial charge in [-0.15, -0.1) is 0 Å². The van der Waals surface area contributed by atoms with Gasteiger partial charge in [-0.05, 0) is 43.8 Å². The van der Waals surface area contributed by atoms with Gasteiger partial charge in [0.1, 0.15) is 0 Å². The first kappa shape index (κ1) is 17.7. The summed E-state index contributed by atoms with van der Waals surface area (Å²) in [6, 6.07) is -1.04. The van der Waals surface area contributed by atoms with Crippen molar-refractivity contribution in [3.05, 3.63) is 45.2 Å². The lowest BCUT2D eigenvalue weighted by Crippen LogP contribution is -2.34. The third-order valence-electron chi connectivity index (χ3n) is 3.95. The maximum Gasteiger partial charge on any atom is 0.347 e. The average molecular weight is 386 g/mol. The lowest BCUT2D eigenvalue weighted by Gasteiger charge is -2.27. The molecule has 7 heteroatoms.